The lowest BCUT2D eigenvalue weighted by molar-refractivity contribution is 0.102. The van der Waals surface area contributed by atoms with Crippen LogP contribution in [0.4, 0.5) is 5.13 Å². The lowest BCUT2D eigenvalue weighted by Crippen LogP contribution is -2.29. The van der Waals surface area contributed by atoms with Crippen LogP contribution in [0.5, 0.6) is 5.75 Å². The van der Waals surface area contributed by atoms with Crippen LogP contribution in [0.2, 0.25) is 0 Å². The van der Waals surface area contributed by atoms with Gasteiger partial charge in [0, 0.05) is 24.4 Å². The number of nitrogens with zero attached hydrogens (tertiary/aromatic N) is 2. The number of aromatic nitrogens is 1. The maximum atomic E-state index is 12.5. The quantitative estimate of drug-likeness (QED) is 0.914. The summed E-state index contributed by atoms with van der Waals surface area (Å²) in [6, 6.07) is 7.28. The maximum Gasteiger partial charge on any atom is 0.261 e. The summed E-state index contributed by atoms with van der Waals surface area (Å²) >= 11 is 1.57. The van der Waals surface area contributed by atoms with Crippen molar-refractivity contribution in [3.05, 3.63) is 40.4 Å². The molecule has 0 bridgehead atoms. The summed E-state index contributed by atoms with van der Waals surface area (Å²) in [7, 11) is 0. The largest absolute Gasteiger partial charge is 0.493 e. The Bertz CT molecular complexity index is 699. The van der Waals surface area contributed by atoms with Gasteiger partial charge < -0.3 is 4.74 Å². The maximum absolute atomic E-state index is 12.5. The van der Waals surface area contributed by atoms with E-state index in [1.54, 1.807) is 17.4 Å². The number of ether oxygens (including phenoxy) is 1. The molecule has 3 rings (SSSR count). The van der Waals surface area contributed by atoms with E-state index in [2.05, 4.69) is 22.1 Å². The van der Waals surface area contributed by atoms with Crippen LogP contribution in [0.15, 0.2) is 24.3 Å². The smallest absolute Gasteiger partial charge is 0.261 e. The number of nitrogens with one attached hydrogen (secondary N) is 1. The molecule has 122 valence electrons. The van der Waals surface area contributed by atoms with E-state index in [-0.39, 0.29) is 5.91 Å². The second kappa shape index (κ2) is 7.10. The van der Waals surface area contributed by atoms with Gasteiger partial charge in [-0.25, -0.2) is 4.98 Å². The molecule has 1 aromatic carbocycles. The highest BCUT2D eigenvalue weighted by atomic mass is 32.1. The molecule has 0 atom stereocenters. The van der Waals surface area contributed by atoms with Gasteiger partial charge in [-0.3, -0.25) is 15.0 Å². The Hall–Kier alpha value is -1.92. The number of fused-ring (bicyclic) bond motifs is 1. The van der Waals surface area contributed by atoms with Gasteiger partial charge in [-0.2, -0.15) is 0 Å². The Kier molecular flexibility index (Phi) is 4.93. The molecular formula is C17H21N3O2S. The molecule has 1 aliphatic rings. The Labute approximate surface area is 140 Å². The van der Waals surface area contributed by atoms with Gasteiger partial charge in [0.25, 0.3) is 5.91 Å². The zero-order valence-corrected chi connectivity index (χ0v) is 14.3. The van der Waals surface area contributed by atoms with Gasteiger partial charge in [-0.1, -0.05) is 19.1 Å². The topological polar surface area (TPSA) is 54.5 Å². The summed E-state index contributed by atoms with van der Waals surface area (Å²) in [5.74, 6) is 0.429. The van der Waals surface area contributed by atoms with Crippen LogP contribution in [-0.2, 0) is 13.0 Å². The lowest BCUT2D eigenvalue weighted by atomic mass is 10.2. The Morgan fingerprint density at radius 1 is 1.39 bits per heavy atom. The average Bonchev–Trinajstić information content (AvgIpc) is 2.96. The van der Waals surface area contributed by atoms with Crippen LogP contribution in [-0.4, -0.2) is 35.5 Å². The van der Waals surface area contributed by atoms with Crippen LogP contribution >= 0.6 is 11.3 Å². The summed E-state index contributed by atoms with van der Waals surface area (Å²) in [6.45, 7) is 7.61. The van der Waals surface area contributed by atoms with Crippen molar-refractivity contribution in [3.8, 4) is 5.75 Å². The summed E-state index contributed by atoms with van der Waals surface area (Å²) < 4.78 is 5.52. The van der Waals surface area contributed by atoms with Crippen molar-refractivity contribution in [3.63, 3.8) is 0 Å². The summed E-state index contributed by atoms with van der Waals surface area (Å²) in [4.78, 5) is 20.7. The Morgan fingerprint density at radius 2 is 2.22 bits per heavy atom. The normalized spacial score (nSPS) is 14.3. The lowest BCUT2D eigenvalue weighted by Gasteiger charge is -2.23. The highest BCUT2D eigenvalue weighted by molar-refractivity contribution is 7.15. The van der Waals surface area contributed by atoms with Crippen LogP contribution < -0.4 is 10.1 Å². The molecule has 23 heavy (non-hydrogen) atoms. The molecule has 0 unspecified atom stereocenters. The predicted octanol–water partition coefficient (Wildman–Crippen LogP) is 3.17. The van der Waals surface area contributed by atoms with Crippen LogP contribution in [0, 0.1) is 0 Å². The fourth-order valence-electron chi connectivity index (χ4n) is 2.67. The van der Waals surface area contributed by atoms with Crippen LogP contribution in [0.3, 0.4) is 0 Å². The molecule has 1 N–H and O–H groups in total. The third kappa shape index (κ3) is 3.54. The predicted molar refractivity (Wildman–Crippen MR) is 92.3 cm³/mol. The highest BCUT2D eigenvalue weighted by Crippen LogP contribution is 2.29. The van der Waals surface area contributed by atoms with Crippen molar-refractivity contribution < 1.29 is 9.53 Å². The number of anilines is 1. The van der Waals surface area contributed by atoms with E-state index >= 15 is 0 Å². The minimum Gasteiger partial charge on any atom is -0.493 e. The van der Waals surface area contributed by atoms with Crippen molar-refractivity contribution in [2.24, 2.45) is 0 Å². The molecule has 0 aliphatic carbocycles. The molecular weight excluding hydrogens is 310 g/mol. The standard InChI is InChI=1S/C17H21N3O2S/c1-3-20-10-9-13-15(11-20)23-17(18-13)19-16(21)12-7-5-6-8-14(12)22-4-2/h5-8H,3-4,9-11H2,1-2H3,(H,18,19,21). The number of rotatable bonds is 5. The molecule has 0 radical (unpaired) electrons. The van der Waals surface area contributed by atoms with E-state index in [1.165, 1.54) is 4.88 Å². The minimum absolute atomic E-state index is 0.174. The third-order valence-corrected chi connectivity index (χ3v) is 4.91. The third-order valence-electron chi connectivity index (χ3n) is 3.91. The second-order valence-electron chi connectivity index (χ2n) is 5.39. The molecule has 2 heterocycles. The fraction of sp³-hybridized carbons (Fsp3) is 0.412. The van der Waals surface area contributed by atoms with Crippen molar-refractivity contribution in [2.45, 2.75) is 26.8 Å². The highest BCUT2D eigenvalue weighted by Gasteiger charge is 2.21. The van der Waals surface area contributed by atoms with Gasteiger partial charge in [-0.05, 0) is 25.6 Å². The van der Waals surface area contributed by atoms with E-state index in [1.807, 2.05) is 25.1 Å². The average molecular weight is 331 g/mol. The van der Waals surface area contributed by atoms with Gasteiger partial charge in [-0.15, -0.1) is 11.3 Å². The van der Waals surface area contributed by atoms with Gasteiger partial charge in [0.2, 0.25) is 0 Å². The number of hydrogen-bond donors (Lipinski definition) is 1. The SMILES string of the molecule is CCOc1ccccc1C(=O)Nc1nc2c(s1)CN(CC)CC2. The van der Waals surface area contributed by atoms with E-state index in [9.17, 15) is 4.79 Å². The number of para-hydroxylation sites is 1. The van der Waals surface area contributed by atoms with Gasteiger partial charge in [0.15, 0.2) is 5.13 Å². The molecule has 1 aliphatic heterocycles. The molecule has 2 aromatic rings. The number of likely N-dealkylation sites (N-methyl/N-ethyl adjacent to an activating group) is 1. The number of carbonyl (C=O) groups excluding carboxylic acids is 1. The van der Waals surface area contributed by atoms with Crippen molar-refractivity contribution in [1.82, 2.24) is 9.88 Å². The fourth-order valence-corrected chi connectivity index (χ4v) is 3.72. The first kappa shape index (κ1) is 16.0. The summed E-state index contributed by atoms with van der Waals surface area (Å²) in [5, 5.41) is 3.59. The number of amides is 1. The number of benzene rings is 1. The van der Waals surface area contributed by atoms with E-state index in [0.717, 1.165) is 31.7 Å². The zero-order valence-electron chi connectivity index (χ0n) is 13.5. The van der Waals surface area contributed by atoms with Crippen molar-refractivity contribution >= 4 is 22.4 Å². The summed E-state index contributed by atoms with van der Waals surface area (Å²) in [6.07, 6.45) is 0.949. The molecule has 0 spiro atoms. The summed E-state index contributed by atoms with van der Waals surface area (Å²) in [5.41, 5.74) is 1.66. The molecule has 0 saturated heterocycles. The van der Waals surface area contributed by atoms with Crippen molar-refractivity contribution in [2.75, 3.05) is 25.0 Å². The van der Waals surface area contributed by atoms with Crippen LogP contribution in [0.25, 0.3) is 0 Å². The van der Waals surface area contributed by atoms with Gasteiger partial charge in [0.1, 0.15) is 5.75 Å². The van der Waals surface area contributed by atoms with Crippen molar-refractivity contribution in [1.29, 1.82) is 0 Å². The molecule has 1 aromatic heterocycles. The molecule has 6 heteroatoms. The first-order chi connectivity index (χ1) is 11.2. The second-order valence-corrected chi connectivity index (χ2v) is 6.47. The van der Waals surface area contributed by atoms with Gasteiger partial charge in [0.05, 0.1) is 17.9 Å². The van der Waals surface area contributed by atoms with Gasteiger partial charge >= 0.3 is 0 Å². The monoisotopic (exact) mass is 331 g/mol. The first-order valence-electron chi connectivity index (χ1n) is 7.95. The van der Waals surface area contributed by atoms with E-state index in [0.29, 0.717) is 23.1 Å². The van der Waals surface area contributed by atoms with E-state index < -0.39 is 0 Å². The molecule has 5 nitrogen and oxygen atoms in total. The first-order valence-corrected chi connectivity index (χ1v) is 8.77. The Morgan fingerprint density at radius 3 is 3.00 bits per heavy atom. The minimum atomic E-state index is -0.174. The number of thiazole rings is 1. The van der Waals surface area contributed by atoms with Crippen LogP contribution in [0.1, 0.15) is 34.8 Å². The molecule has 0 saturated carbocycles. The number of hydrogen-bond acceptors (Lipinski definition) is 5. The zero-order chi connectivity index (χ0) is 16.2. The Balaban J connectivity index is 1.75. The number of carbonyl (C=O) groups is 1. The molecule has 0 fully saturated rings. The molecule has 1 amide bonds. The van der Waals surface area contributed by atoms with E-state index in [4.69, 9.17) is 4.74 Å².